The summed E-state index contributed by atoms with van der Waals surface area (Å²) >= 11 is 21.1. The highest BCUT2D eigenvalue weighted by Crippen LogP contribution is 2.67. The number of carbonyl (C=O) groups excluding carboxylic acids is 4. The smallest absolute Gasteiger partial charge is 0.331 e. The van der Waals surface area contributed by atoms with Gasteiger partial charge in [-0.3, -0.25) is 29.4 Å². The van der Waals surface area contributed by atoms with Gasteiger partial charge < -0.3 is 65.1 Å². The van der Waals surface area contributed by atoms with Crippen molar-refractivity contribution >= 4 is 123 Å². The number of rotatable bonds is 11. The van der Waals surface area contributed by atoms with Crippen molar-refractivity contribution in [1.29, 1.82) is 5.26 Å². The highest BCUT2D eigenvalue weighted by atomic mass is 79.9. The van der Waals surface area contributed by atoms with Crippen LogP contribution in [0.3, 0.4) is 0 Å². The lowest BCUT2D eigenvalue weighted by atomic mass is 9.61. The summed E-state index contributed by atoms with van der Waals surface area (Å²) in [4.78, 5) is 67.1. The largest absolute Gasteiger partial charge is 0.465 e. The van der Waals surface area contributed by atoms with E-state index in [1.807, 2.05) is 43.0 Å². The third-order valence-corrected chi connectivity index (χ3v) is 31.6. The van der Waals surface area contributed by atoms with Crippen LogP contribution in [0.5, 0.6) is 0 Å². The number of thiocarbonyl (C=S) groups is 1. The van der Waals surface area contributed by atoms with Crippen molar-refractivity contribution in [1.82, 2.24) is 15.1 Å². The monoisotopic (exact) mass is 1930 g/mol. The Morgan fingerprint density at radius 1 is 0.555 bits per heavy atom. The maximum atomic E-state index is 14.2. The molecule has 29 heteroatoms. The molecule has 23 nitrogen and oxygen atoms in total. The molecule has 13 aliphatic rings. The van der Waals surface area contributed by atoms with Crippen molar-refractivity contribution in [2.45, 2.75) is 271 Å². The summed E-state index contributed by atoms with van der Waals surface area (Å²) in [5.41, 5.74) is 23.6. The number of hydrogen-bond donors (Lipinski definition) is 5. The number of esters is 2. The number of aliphatic imine (C=N–C) groups is 1. The Hall–Kier alpha value is -4.56. The average molecular weight is 1940 g/mol. The summed E-state index contributed by atoms with van der Waals surface area (Å²) in [5, 5.41) is 23.9. The lowest BCUT2D eigenvalue weighted by Crippen LogP contribution is -2.58. The summed E-state index contributed by atoms with van der Waals surface area (Å²) in [7, 11) is 7.07. The van der Waals surface area contributed by atoms with E-state index in [0.29, 0.717) is 56.8 Å². The third-order valence-electron chi connectivity index (χ3n) is 28.2. The number of guanidine groups is 1. The minimum atomic E-state index is -1.07. The number of fused-ring (bicyclic) bond motifs is 8. The second kappa shape index (κ2) is 39.5. The maximum Gasteiger partial charge on any atom is 0.331 e. The second-order valence-corrected chi connectivity index (χ2v) is 40.5. The van der Waals surface area contributed by atoms with Gasteiger partial charge in [0, 0.05) is 126 Å². The van der Waals surface area contributed by atoms with Gasteiger partial charge in [-0.1, -0.05) is 88.0 Å². The number of carbonyl (C=O) groups is 4. The van der Waals surface area contributed by atoms with Gasteiger partial charge in [0.1, 0.15) is 10.9 Å². The van der Waals surface area contributed by atoms with E-state index in [1.54, 1.807) is 54.1 Å². The van der Waals surface area contributed by atoms with Gasteiger partial charge in [-0.25, -0.2) is 14.7 Å². The first-order valence-electron chi connectivity index (χ1n) is 42.6. The number of methoxy groups -OCH3 is 4. The van der Waals surface area contributed by atoms with Crippen molar-refractivity contribution in [2.24, 2.45) is 43.9 Å². The Kier molecular flexibility index (Phi) is 31.1. The van der Waals surface area contributed by atoms with Crippen LogP contribution in [0.2, 0.25) is 0 Å². The number of amides is 2. The number of hydrogen-bond acceptors (Lipinski definition) is 22. The summed E-state index contributed by atoms with van der Waals surface area (Å²) < 4.78 is 52.2. The van der Waals surface area contributed by atoms with Crippen molar-refractivity contribution in [2.75, 3.05) is 81.3 Å². The van der Waals surface area contributed by atoms with Gasteiger partial charge in [0.15, 0.2) is 26.9 Å². The van der Waals surface area contributed by atoms with Gasteiger partial charge in [-0.15, -0.1) is 0 Å². The quantitative estimate of drug-likeness (QED) is 0.0306. The second-order valence-electron chi connectivity index (χ2n) is 35.4. The Balaban J connectivity index is 0.000000139. The van der Waals surface area contributed by atoms with Crippen molar-refractivity contribution in [3.05, 3.63) is 135 Å². The molecule has 4 aromatic carbocycles. The minimum absolute atomic E-state index is 0.0645. The van der Waals surface area contributed by atoms with Crippen LogP contribution in [0.25, 0.3) is 0 Å². The van der Waals surface area contributed by atoms with Crippen LogP contribution < -0.4 is 22.5 Å². The lowest BCUT2D eigenvalue weighted by molar-refractivity contribution is -0.306. The van der Waals surface area contributed by atoms with E-state index in [0.717, 1.165) is 238 Å². The molecule has 4 aromatic rings. The summed E-state index contributed by atoms with van der Waals surface area (Å²) in [6, 6.07) is 25.5. The van der Waals surface area contributed by atoms with E-state index >= 15 is 0 Å². The number of thiocyanates is 1. The minimum Gasteiger partial charge on any atom is -0.465 e. The summed E-state index contributed by atoms with van der Waals surface area (Å²) in [6.07, 6.45) is 24.6. The zero-order valence-electron chi connectivity index (χ0n) is 70.5. The first-order chi connectivity index (χ1) is 57.0. The normalized spacial score (nSPS) is 31.9. The van der Waals surface area contributed by atoms with Gasteiger partial charge in [-0.05, 0) is 319 Å². The van der Waals surface area contributed by atoms with Crippen LogP contribution in [0.15, 0.2) is 95.7 Å². The number of halogens is 4. The van der Waals surface area contributed by atoms with Crippen LogP contribution >= 0.6 is 87.7 Å². The number of nitriles is 1. The van der Waals surface area contributed by atoms with E-state index in [9.17, 15) is 24.4 Å². The summed E-state index contributed by atoms with van der Waals surface area (Å²) in [5.74, 6) is 0.00156. The fourth-order valence-electron chi connectivity index (χ4n) is 21.9. The number of thioether (sulfide) groups is 1. The lowest BCUT2D eigenvalue weighted by Gasteiger charge is -2.46. The Morgan fingerprint density at radius 3 is 1.35 bits per heavy atom. The van der Waals surface area contributed by atoms with Crippen molar-refractivity contribution in [3.63, 3.8) is 0 Å². The molecule has 8 N–H and O–H groups in total. The van der Waals surface area contributed by atoms with Crippen LogP contribution in [0.4, 0.5) is 0 Å². The molecule has 4 unspecified atom stereocenters. The van der Waals surface area contributed by atoms with E-state index in [4.69, 9.17) is 82.3 Å². The van der Waals surface area contributed by atoms with Gasteiger partial charge in [0.25, 0.3) is 11.8 Å². The fraction of sp³-hybridized carbons (Fsp3) is 0.656. The zero-order valence-corrected chi connectivity index (χ0v) is 78.5. The predicted octanol–water partition coefficient (Wildman–Crippen LogP) is 16.0. The Labute approximate surface area is 745 Å². The van der Waals surface area contributed by atoms with Gasteiger partial charge >= 0.3 is 11.9 Å². The number of nitrogens with zero attached hydrogens (tertiary/aromatic N) is 4. The highest BCUT2D eigenvalue weighted by molar-refractivity contribution is 9.11. The fourth-order valence-corrected chi connectivity index (χ4v) is 24.8. The topological polar surface area (TPSA) is 314 Å². The number of nitrogens with one attached hydrogen (secondary N) is 1. The standard InChI is InChI=1S/C22H28BrN3O3.C22H27BrN2O3S.C19H22BrNO3S.C18H24BrNO3.C5H11NO.C4H10O2/c1-28-17-4-8-21(9-5-17)13-14-2-3-15(23)12-18(14)22(21)19(27)26(20(24)25-22)16-6-10-29-11-7-16;1-27-17-4-8-21(9-5-17)13-14-2-3-15(23)12-18(14)22(21)19(26)25(20(29)24-22)16-6-10-28-11-7-16;1-3-24-17(22)19(25-12-21)16-10-14(20)5-4-13(16)11-18(19)8-6-15(23-2)7-9-18;1-3-23-16(21)18(20)15-10-13(19)5-4-12(15)11-17(18)8-6-14(22-2)7-9-17;6-5-1-3-7-4-2-5;1-4(2,3)6-5/h2-3,12,16-17H,4-11,13H2,1H3,(H2,24,25);2-3,12,16-17H,4-11,13H2,1H3,(H,24,29);4-5,10,15H,3,6-9,11H2,1-2H3;4-5,10,14H,3,6-9,11,20H2,1-2H3;5H,1-4,6H2;5H,1-3H3. The molecule has 4 saturated carbocycles. The molecule has 4 saturated heterocycles. The number of benzene rings is 4. The number of ether oxygens (including phenoxy) is 9. The van der Waals surface area contributed by atoms with Crippen LogP contribution in [-0.2, 0) is 114 Å². The predicted molar refractivity (Wildman–Crippen MR) is 476 cm³/mol. The van der Waals surface area contributed by atoms with E-state index in [-0.39, 0.29) is 81.9 Å². The SMILES string of the molecule is CC(C)(C)OO.CCOC(=O)C1(N)c2cc(Br)ccc2CC12CCC(OC)CC2.CCOC(=O)C1(SC#N)c2cc(Br)ccc2CC12CCC(OC)CC2.COC1CCC2(CC1)Cc1ccc(Br)cc1C21N=C(N)N(C2CCOCC2)C1=O.COC1CCC2(CC1)Cc1ccc(Br)cc1C21NC(=S)N(C2CCOCC2)C1=O.NC1CCOCC1. The van der Waals surface area contributed by atoms with Gasteiger partial charge in [-0.2, -0.15) is 5.26 Å². The van der Waals surface area contributed by atoms with Crippen molar-refractivity contribution in [3.8, 4) is 5.40 Å². The molecule has 2 amide bonds. The molecule has 652 valence electrons. The summed E-state index contributed by atoms with van der Waals surface area (Å²) in [6.45, 7) is 14.0. The first kappa shape index (κ1) is 93.6. The van der Waals surface area contributed by atoms with E-state index in [2.05, 4.69) is 128 Å². The Bertz CT molecular complexity index is 4310. The molecule has 8 aliphatic carbocycles. The highest BCUT2D eigenvalue weighted by Gasteiger charge is 2.71. The molecule has 8 fully saturated rings. The molecule has 0 radical (unpaired) electrons. The molecule has 0 aromatic heterocycles. The first-order valence-corrected chi connectivity index (χ1v) is 47.0. The van der Waals surface area contributed by atoms with Gasteiger partial charge in [0.2, 0.25) is 0 Å². The van der Waals surface area contributed by atoms with Crippen LogP contribution in [0.1, 0.15) is 220 Å². The molecule has 0 bridgehead atoms. The average Bonchev–Trinajstić information content (AvgIpc) is 1.52. The van der Waals surface area contributed by atoms with Gasteiger partial charge in [0.05, 0.1) is 43.2 Å². The molecule has 5 heterocycles. The zero-order chi connectivity index (χ0) is 85.5. The van der Waals surface area contributed by atoms with Crippen LogP contribution in [0, 0.1) is 32.3 Å². The molecule has 17 rings (SSSR count). The van der Waals surface area contributed by atoms with E-state index < -0.39 is 27.0 Å². The molecule has 5 aliphatic heterocycles. The molecule has 119 heavy (non-hydrogen) atoms. The molecule has 4 atom stereocenters. The Morgan fingerprint density at radius 2 is 0.916 bits per heavy atom. The van der Waals surface area contributed by atoms with Crippen LogP contribution in [-0.4, -0.2) is 179 Å². The molecular formula is C90H122Br4N8O15S2. The van der Waals surface area contributed by atoms with Crippen molar-refractivity contribution < 1.29 is 72.0 Å². The third kappa shape index (κ3) is 18.2. The molecule has 6 spiro atoms. The number of nitrogens with two attached hydrogens (primary N) is 3. The molecular weight excluding hydrogens is 1820 g/mol. The van der Waals surface area contributed by atoms with E-state index in [1.165, 1.54) is 16.7 Å². The maximum absolute atomic E-state index is 14.2.